The number of carbonyl (C=O) groups is 1. The van der Waals surface area contributed by atoms with E-state index in [1.165, 1.54) is 0 Å². The predicted molar refractivity (Wildman–Crippen MR) is 53.9 cm³/mol. The van der Waals surface area contributed by atoms with Gasteiger partial charge in [0.15, 0.2) is 0 Å². The lowest BCUT2D eigenvalue weighted by atomic mass is 10.1. The van der Waals surface area contributed by atoms with Crippen molar-refractivity contribution in [1.29, 1.82) is 0 Å². The van der Waals surface area contributed by atoms with Crippen molar-refractivity contribution in [1.82, 2.24) is 4.90 Å². The van der Waals surface area contributed by atoms with Gasteiger partial charge in [-0.1, -0.05) is 27.2 Å². The second-order valence-corrected chi connectivity index (χ2v) is 3.24. The highest BCUT2D eigenvalue weighted by molar-refractivity contribution is 5.73. The number of unbranched alkanes of at least 4 members (excludes halogenated alkanes) is 1. The Morgan fingerprint density at radius 2 is 2.00 bits per heavy atom. The first-order valence-electron chi connectivity index (χ1n) is 5.14. The molecule has 0 saturated heterocycles. The molecule has 0 heterocycles. The molecule has 0 aromatic carbocycles. The minimum absolute atomic E-state index is 0.295. The summed E-state index contributed by atoms with van der Waals surface area (Å²) in [7, 11) is 0. The summed E-state index contributed by atoms with van der Waals surface area (Å²) >= 11 is 0. The van der Waals surface area contributed by atoms with Crippen molar-refractivity contribution in [2.24, 2.45) is 0 Å². The quantitative estimate of drug-likeness (QED) is 0.662. The summed E-state index contributed by atoms with van der Waals surface area (Å²) in [4.78, 5) is 12.9. The van der Waals surface area contributed by atoms with E-state index >= 15 is 0 Å². The Morgan fingerprint density at radius 3 is 2.31 bits per heavy atom. The number of carboxylic acids is 1. The third kappa shape index (κ3) is 4.27. The van der Waals surface area contributed by atoms with Crippen LogP contribution in [0, 0.1) is 0 Å². The van der Waals surface area contributed by atoms with Gasteiger partial charge in [0, 0.05) is 0 Å². The molecule has 3 nitrogen and oxygen atoms in total. The summed E-state index contributed by atoms with van der Waals surface area (Å²) in [5.41, 5.74) is 0. The topological polar surface area (TPSA) is 40.5 Å². The van der Waals surface area contributed by atoms with Gasteiger partial charge < -0.3 is 5.11 Å². The first kappa shape index (κ1) is 12.4. The van der Waals surface area contributed by atoms with E-state index < -0.39 is 5.97 Å². The zero-order valence-corrected chi connectivity index (χ0v) is 8.92. The van der Waals surface area contributed by atoms with Crippen LogP contribution in [0.5, 0.6) is 0 Å². The molecular weight excluding hydrogens is 166 g/mol. The molecule has 0 bridgehead atoms. The summed E-state index contributed by atoms with van der Waals surface area (Å²) < 4.78 is 0. The SMILES string of the molecule is CCCCN(CC)C(CC)C(=O)O. The van der Waals surface area contributed by atoms with Crippen LogP contribution in [0.15, 0.2) is 0 Å². The fourth-order valence-corrected chi connectivity index (χ4v) is 1.48. The third-order valence-corrected chi connectivity index (χ3v) is 2.32. The molecule has 0 fully saturated rings. The highest BCUT2D eigenvalue weighted by Crippen LogP contribution is 2.06. The van der Waals surface area contributed by atoms with Crippen LogP contribution >= 0.6 is 0 Å². The average molecular weight is 187 g/mol. The summed E-state index contributed by atoms with van der Waals surface area (Å²) in [6, 6.07) is -0.295. The summed E-state index contributed by atoms with van der Waals surface area (Å²) in [6.45, 7) is 7.78. The molecule has 1 unspecified atom stereocenters. The Morgan fingerprint density at radius 1 is 1.38 bits per heavy atom. The molecule has 0 aromatic rings. The lowest BCUT2D eigenvalue weighted by molar-refractivity contribution is -0.143. The highest BCUT2D eigenvalue weighted by atomic mass is 16.4. The zero-order chi connectivity index (χ0) is 10.3. The molecule has 13 heavy (non-hydrogen) atoms. The maximum Gasteiger partial charge on any atom is 0.320 e. The van der Waals surface area contributed by atoms with Crippen molar-refractivity contribution in [2.75, 3.05) is 13.1 Å². The van der Waals surface area contributed by atoms with E-state index in [9.17, 15) is 4.79 Å². The normalized spacial score (nSPS) is 13.2. The van der Waals surface area contributed by atoms with E-state index in [0.717, 1.165) is 25.9 Å². The molecule has 0 rings (SSSR count). The second kappa shape index (κ2) is 6.89. The van der Waals surface area contributed by atoms with Crippen LogP contribution in [-0.2, 0) is 4.79 Å². The van der Waals surface area contributed by atoms with Crippen LogP contribution in [0.1, 0.15) is 40.0 Å². The van der Waals surface area contributed by atoms with Crippen molar-refractivity contribution in [3.8, 4) is 0 Å². The first-order chi connectivity index (χ1) is 6.17. The van der Waals surface area contributed by atoms with Crippen LogP contribution < -0.4 is 0 Å². The third-order valence-electron chi connectivity index (χ3n) is 2.32. The fraction of sp³-hybridized carbons (Fsp3) is 0.900. The number of carboxylic acid groups (broad SMARTS) is 1. The molecule has 0 radical (unpaired) electrons. The number of rotatable bonds is 7. The molecule has 0 saturated carbocycles. The molecule has 1 N–H and O–H groups in total. The molecule has 0 aromatic heterocycles. The second-order valence-electron chi connectivity index (χ2n) is 3.24. The van der Waals surface area contributed by atoms with Gasteiger partial charge in [-0.05, 0) is 25.9 Å². The smallest absolute Gasteiger partial charge is 0.320 e. The summed E-state index contributed by atoms with van der Waals surface area (Å²) in [6.07, 6.45) is 2.89. The van der Waals surface area contributed by atoms with Crippen LogP contribution in [0.4, 0.5) is 0 Å². The van der Waals surface area contributed by atoms with Crippen LogP contribution in [0.25, 0.3) is 0 Å². The summed E-state index contributed by atoms with van der Waals surface area (Å²) in [5, 5.41) is 8.93. The number of aliphatic carboxylic acids is 1. The van der Waals surface area contributed by atoms with E-state index in [0.29, 0.717) is 6.42 Å². The van der Waals surface area contributed by atoms with Gasteiger partial charge in [-0.25, -0.2) is 0 Å². The molecule has 78 valence electrons. The molecule has 0 spiro atoms. The highest BCUT2D eigenvalue weighted by Gasteiger charge is 2.21. The summed E-state index contributed by atoms with van der Waals surface area (Å²) in [5.74, 6) is -0.694. The van der Waals surface area contributed by atoms with Crippen molar-refractivity contribution < 1.29 is 9.90 Å². The Bertz CT molecular complexity index is 148. The number of hydrogen-bond acceptors (Lipinski definition) is 2. The van der Waals surface area contributed by atoms with Gasteiger partial charge in [0.1, 0.15) is 6.04 Å². The van der Waals surface area contributed by atoms with Gasteiger partial charge in [-0.15, -0.1) is 0 Å². The Balaban J connectivity index is 4.08. The van der Waals surface area contributed by atoms with Crippen LogP contribution in [0.2, 0.25) is 0 Å². The zero-order valence-electron chi connectivity index (χ0n) is 8.92. The van der Waals surface area contributed by atoms with Crippen LogP contribution in [-0.4, -0.2) is 35.1 Å². The van der Waals surface area contributed by atoms with Crippen molar-refractivity contribution in [3.05, 3.63) is 0 Å². The van der Waals surface area contributed by atoms with Crippen molar-refractivity contribution in [2.45, 2.75) is 46.1 Å². The van der Waals surface area contributed by atoms with E-state index in [4.69, 9.17) is 5.11 Å². The largest absolute Gasteiger partial charge is 0.480 e. The standard InChI is InChI=1S/C10H21NO2/c1-4-7-8-11(6-3)9(5-2)10(12)13/h9H,4-8H2,1-3H3,(H,12,13). The van der Waals surface area contributed by atoms with Crippen LogP contribution in [0.3, 0.4) is 0 Å². The maximum atomic E-state index is 10.9. The van der Waals surface area contributed by atoms with Gasteiger partial charge >= 0.3 is 5.97 Å². The molecule has 0 aliphatic heterocycles. The fourth-order valence-electron chi connectivity index (χ4n) is 1.48. The Labute approximate surface area is 80.7 Å². The van der Waals surface area contributed by atoms with Gasteiger partial charge in [0.2, 0.25) is 0 Å². The van der Waals surface area contributed by atoms with Gasteiger partial charge in [-0.3, -0.25) is 9.69 Å². The molecular formula is C10H21NO2. The number of nitrogens with zero attached hydrogens (tertiary/aromatic N) is 1. The van der Waals surface area contributed by atoms with E-state index in [-0.39, 0.29) is 6.04 Å². The average Bonchev–Trinajstić information content (AvgIpc) is 2.11. The van der Waals surface area contributed by atoms with Gasteiger partial charge in [0.25, 0.3) is 0 Å². The predicted octanol–water partition coefficient (Wildman–Crippen LogP) is 1.97. The monoisotopic (exact) mass is 187 g/mol. The lowest BCUT2D eigenvalue weighted by Gasteiger charge is -2.26. The van der Waals surface area contributed by atoms with Gasteiger partial charge in [-0.2, -0.15) is 0 Å². The van der Waals surface area contributed by atoms with Crippen molar-refractivity contribution >= 4 is 5.97 Å². The minimum Gasteiger partial charge on any atom is -0.480 e. The molecule has 0 amide bonds. The first-order valence-corrected chi connectivity index (χ1v) is 5.14. The van der Waals surface area contributed by atoms with E-state index in [2.05, 4.69) is 6.92 Å². The lowest BCUT2D eigenvalue weighted by Crippen LogP contribution is -2.41. The van der Waals surface area contributed by atoms with E-state index in [1.807, 2.05) is 18.7 Å². The number of hydrogen-bond donors (Lipinski definition) is 1. The molecule has 0 aliphatic rings. The molecule has 3 heteroatoms. The van der Waals surface area contributed by atoms with Crippen molar-refractivity contribution in [3.63, 3.8) is 0 Å². The minimum atomic E-state index is -0.694. The van der Waals surface area contributed by atoms with E-state index in [1.54, 1.807) is 0 Å². The molecule has 0 aliphatic carbocycles. The Kier molecular flexibility index (Phi) is 6.59. The maximum absolute atomic E-state index is 10.9. The molecule has 1 atom stereocenters. The Hall–Kier alpha value is -0.570. The number of likely N-dealkylation sites (N-methyl/N-ethyl adjacent to an activating group) is 1. The van der Waals surface area contributed by atoms with Gasteiger partial charge in [0.05, 0.1) is 0 Å².